The van der Waals surface area contributed by atoms with Gasteiger partial charge in [-0.1, -0.05) is 18.2 Å². The Labute approximate surface area is 134 Å². The lowest BCUT2D eigenvalue weighted by Crippen LogP contribution is -2.10. The second kappa shape index (κ2) is 7.01. The number of anilines is 1. The number of ether oxygens (including phenoxy) is 1. The summed E-state index contributed by atoms with van der Waals surface area (Å²) in [5, 5.41) is 4.30. The minimum absolute atomic E-state index is 0.242. The molecule has 4 heteroatoms. The molecular formula is C19H19NO3. The number of aryl methyl sites for hydroxylation is 1. The average molecular weight is 309 g/mol. The number of para-hydroxylation sites is 1. The molecule has 0 bridgehead atoms. The van der Waals surface area contributed by atoms with Gasteiger partial charge >= 0.3 is 5.63 Å². The first kappa shape index (κ1) is 15.2. The highest BCUT2D eigenvalue weighted by Crippen LogP contribution is 2.16. The third-order valence-corrected chi connectivity index (χ3v) is 3.76. The van der Waals surface area contributed by atoms with Gasteiger partial charge in [-0.2, -0.15) is 0 Å². The summed E-state index contributed by atoms with van der Waals surface area (Å²) in [6, 6.07) is 17.3. The van der Waals surface area contributed by atoms with E-state index in [0.29, 0.717) is 12.0 Å². The van der Waals surface area contributed by atoms with Crippen LogP contribution in [0.25, 0.3) is 11.0 Å². The molecule has 1 N–H and O–H groups in total. The van der Waals surface area contributed by atoms with Crippen molar-refractivity contribution in [3.05, 3.63) is 70.6 Å². The van der Waals surface area contributed by atoms with Gasteiger partial charge in [0.15, 0.2) is 0 Å². The molecule has 3 aromatic rings. The Morgan fingerprint density at radius 1 is 1.09 bits per heavy atom. The molecule has 0 aliphatic rings. The van der Waals surface area contributed by atoms with Crippen molar-refractivity contribution < 1.29 is 9.15 Å². The zero-order valence-corrected chi connectivity index (χ0v) is 13.0. The van der Waals surface area contributed by atoms with E-state index in [1.54, 1.807) is 7.11 Å². The normalized spacial score (nSPS) is 10.7. The fourth-order valence-corrected chi connectivity index (χ4v) is 2.50. The van der Waals surface area contributed by atoms with Crippen molar-refractivity contribution >= 4 is 16.7 Å². The van der Waals surface area contributed by atoms with Crippen LogP contribution < -0.4 is 15.7 Å². The number of fused-ring (bicyclic) bond motifs is 1. The Morgan fingerprint density at radius 2 is 1.87 bits per heavy atom. The quantitative estimate of drug-likeness (QED) is 0.555. The van der Waals surface area contributed by atoms with Gasteiger partial charge in [0, 0.05) is 23.2 Å². The summed E-state index contributed by atoms with van der Waals surface area (Å²) in [5.41, 5.74) is 2.15. The average Bonchev–Trinajstić information content (AvgIpc) is 2.59. The van der Waals surface area contributed by atoms with Crippen LogP contribution in [0.2, 0.25) is 0 Å². The molecule has 0 saturated heterocycles. The molecule has 0 saturated carbocycles. The first-order chi connectivity index (χ1) is 11.3. The van der Waals surface area contributed by atoms with E-state index in [0.717, 1.165) is 35.4 Å². The maximum Gasteiger partial charge on any atom is 0.339 e. The molecule has 3 rings (SSSR count). The van der Waals surface area contributed by atoms with Crippen LogP contribution in [0.4, 0.5) is 5.69 Å². The van der Waals surface area contributed by atoms with Crippen molar-refractivity contribution in [2.24, 2.45) is 0 Å². The second-order valence-corrected chi connectivity index (χ2v) is 5.36. The van der Waals surface area contributed by atoms with E-state index in [4.69, 9.17) is 9.15 Å². The minimum Gasteiger partial charge on any atom is -0.497 e. The predicted octanol–water partition coefficient (Wildman–Crippen LogP) is 3.85. The topological polar surface area (TPSA) is 51.5 Å². The molecule has 2 aromatic carbocycles. The Morgan fingerprint density at radius 3 is 2.65 bits per heavy atom. The van der Waals surface area contributed by atoms with Gasteiger partial charge in [-0.3, -0.25) is 0 Å². The standard InChI is InChI=1S/C19H19NO3/c1-22-17-10-8-16(9-11-17)20-12-4-6-15-13-14-5-2-3-7-18(14)23-19(15)21/h2-3,5,7-11,13,20H,4,6,12H2,1H3. The van der Waals surface area contributed by atoms with E-state index in [-0.39, 0.29) is 5.63 Å². The van der Waals surface area contributed by atoms with Crippen LogP contribution in [0, 0.1) is 0 Å². The number of nitrogens with one attached hydrogen (secondary N) is 1. The van der Waals surface area contributed by atoms with Crippen LogP contribution in [-0.4, -0.2) is 13.7 Å². The highest BCUT2D eigenvalue weighted by atomic mass is 16.5. The van der Waals surface area contributed by atoms with E-state index >= 15 is 0 Å². The van der Waals surface area contributed by atoms with Gasteiger partial charge in [-0.15, -0.1) is 0 Å². The van der Waals surface area contributed by atoms with Crippen LogP contribution >= 0.6 is 0 Å². The Balaban J connectivity index is 1.58. The van der Waals surface area contributed by atoms with Crippen LogP contribution in [0.5, 0.6) is 5.75 Å². The van der Waals surface area contributed by atoms with Crippen molar-refractivity contribution in [1.82, 2.24) is 0 Å². The van der Waals surface area contributed by atoms with Crippen molar-refractivity contribution in [2.75, 3.05) is 19.0 Å². The largest absolute Gasteiger partial charge is 0.497 e. The van der Waals surface area contributed by atoms with E-state index in [2.05, 4.69) is 5.32 Å². The molecule has 0 fully saturated rings. The molecule has 1 aromatic heterocycles. The number of rotatable bonds is 6. The molecule has 0 unspecified atom stereocenters. The molecule has 0 radical (unpaired) electrons. The Kier molecular flexibility index (Phi) is 4.62. The van der Waals surface area contributed by atoms with Crippen molar-refractivity contribution in [1.29, 1.82) is 0 Å². The van der Waals surface area contributed by atoms with E-state index < -0.39 is 0 Å². The van der Waals surface area contributed by atoms with Crippen molar-refractivity contribution in [3.8, 4) is 5.75 Å². The molecule has 4 nitrogen and oxygen atoms in total. The van der Waals surface area contributed by atoms with Crippen LogP contribution in [0.1, 0.15) is 12.0 Å². The Bertz CT molecular complexity index is 837. The lowest BCUT2D eigenvalue weighted by atomic mass is 10.1. The second-order valence-electron chi connectivity index (χ2n) is 5.36. The molecule has 1 heterocycles. The van der Waals surface area contributed by atoms with Crippen LogP contribution in [-0.2, 0) is 6.42 Å². The first-order valence-electron chi connectivity index (χ1n) is 7.66. The van der Waals surface area contributed by atoms with E-state index in [9.17, 15) is 4.79 Å². The summed E-state index contributed by atoms with van der Waals surface area (Å²) >= 11 is 0. The van der Waals surface area contributed by atoms with Crippen molar-refractivity contribution in [3.63, 3.8) is 0 Å². The highest BCUT2D eigenvalue weighted by molar-refractivity contribution is 5.76. The van der Waals surface area contributed by atoms with Crippen LogP contribution in [0.15, 0.2) is 63.8 Å². The third kappa shape index (κ3) is 3.72. The molecular weight excluding hydrogens is 290 g/mol. The molecule has 0 spiro atoms. The number of methoxy groups -OCH3 is 1. The van der Waals surface area contributed by atoms with Gasteiger partial charge in [0.05, 0.1) is 7.11 Å². The van der Waals surface area contributed by atoms with E-state index in [1.165, 1.54) is 0 Å². The molecule has 0 amide bonds. The number of hydrogen-bond donors (Lipinski definition) is 1. The van der Waals surface area contributed by atoms with Gasteiger partial charge in [-0.25, -0.2) is 4.79 Å². The summed E-state index contributed by atoms with van der Waals surface area (Å²) in [4.78, 5) is 12.0. The number of hydrogen-bond acceptors (Lipinski definition) is 4. The summed E-state index contributed by atoms with van der Waals surface area (Å²) < 4.78 is 10.5. The Hall–Kier alpha value is -2.75. The smallest absolute Gasteiger partial charge is 0.339 e. The number of benzene rings is 2. The lowest BCUT2D eigenvalue weighted by molar-refractivity contribution is 0.415. The maximum atomic E-state index is 12.0. The first-order valence-corrected chi connectivity index (χ1v) is 7.66. The molecule has 23 heavy (non-hydrogen) atoms. The summed E-state index contributed by atoms with van der Waals surface area (Å²) in [7, 11) is 1.65. The monoisotopic (exact) mass is 309 g/mol. The van der Waals surface area contributed by atoms with Gasteiger partial charge in [0.1, 0.15) is 11.3 Å². The van der Waals surface area contributed by atoms with E-state index in [1.807, 2.05) is 54.6 Å². The van der Waals surface area contributed by atoms with Crippen LogP contribution in [0.3, 0.4) is 0 Å². The summed E-state index contributed by atoms with van der Waals surface area (Å²) in [5.74, 6) is 0.837. The highest BCUT2D eigenvalue weighted by Gasteiger charge is 2.04. The third-order valence-electron chi connectivity index (χ3n) is 3.76. The summed E-state index contributed by atoms with van der Waals surface area (Å²) in [6.07, 6.45) is 1.55. The zero-order chi connectivity index (χ0) is 16.1. The van der Waals surface area contributed by atoms with Crippen molar-refractivity contribution in [2.45, 2.75) is 12.8 Å². The lowest BCUT2D eigenvalue weighted by Gasteiger charge is -2.07. The van der Waals surface area contributed by atoms with Gasteiger partial charge in [-0.05, 0) is 49.2 Å². The molecule has 0 aliphatic carbocycles. The minimum atomic E-state index is -0.242. The summed E-state index contributed by atoms with van der Waals surface area (Å²) in [6.45, 7) is 0.790. The molecule has 0 atom stereocenters. The van der Waals surface area contributed by atoms with Gasteiger partial charge in [0.2, 0.25) is 0 Å². The van der Waals surface area contributed by atoms with Gasteiger partial charge in [0.25, 0.3) is 0 Å². The fourth-order valence-electron chi connectivity index (χ4n) is 2.50. The predicted molar refractivity (Wildman–Crippen MR) is 92.3 cm³/mol. The molecule has 0 aliphatic heterocycles. The molecule has 118 valence electrons. The van der Waals surface area contributed by atoms with Gasteiger partial charge < -0.3 is 14.5 Å². The fraction of sp³-hybridized carbons (Fsp3) is 0.211. The SMILES string of the molecule is COc1ccc(NCCCc2cc3ccccc3oc2=O)cc1. The maximum absolute atomic E-state index is 12.0. The zero-order valence-electron chi connectivity index (χ0n) is 13.0.